The molecule has 0 aliphatic carbocycles. The van der Waals surface area contributed by atoms with Gasteiger partial charge < -0.3 is 9.47 Å². The number of hydrogen-bond donors (Lipinski definition) is 0. The summed E-state index contributed by atoms with van der Waals surface area (Å²) in [5.41, 5.74) is 2.35. The Morgan fingerprint density at radius 3 is 2.48 bits per heavy atom. The van der Waals surface area contributed by atoms with Crippen LogP contribution in [0.15, 0.2) is 60.7 Å². The van der Waals surface area contributed by atoms with Gasteiger partial charge in [-0.3, -0.25) is 0 Å². The van der Waals surface area contributed by atoms with Crippen molar-refractivity contribution in [3.05, 3.63) is 75.4 Å². The maximum absolute atomic E-state index is 5.78. The van der Waals surface area contributed by atoms with E-state index >= 15 is 0 Å². The van der Waals surface area contributed by atoms with Crippen molar-refractivity contribution >= 4 is 22.6 Å². The summed E-state index contributed by atoms with van der Waals surface area (Å²) in [5, 5.41) is 0. The molecule has 0 saturated carbocycles. The molecular weight excluding hydrogens is 375 g/mol. The number of hydrogen-bond acceptors (Lipinski definition) is 2. The molecule has 0 N–H and O–H groups in total. The zero-order valence-corrected chi connectivity index (χ0v) is 14.2. The second-order valence-corrected chi connectivity index (χ2v) is 5.83. The minimum absolute atomic E-state index is 0.565. The molecule has 0 aliphatic rings. The van der Waals surface area contributed by atoms with Crippen LogP contribution in [0.2, 0.25) is 0 Å². The molecule has 0 atom stereocenters. The van der Waals surface area contributed by atoms with Crippen LogP contribution in [0.1, 0.15) is 11.1 Å². The molecule has 0 saturated heterocycles. The van der Waals surface area contributed by atoms with E-state index in [9.17, 15) is 0 Å². The third-order valence-corrected chi connectivity index (χ3v) is 3.83. The number of aryl methyl sites for hydroxylation is 1. The van der Waals surface area contributed by atoms with Gasteiger partial charge in [-0.15, -0.1) is 0 Å². The molecule has 0 fully saturated rings. The third kappa shape index (κ3) is 5.52. The highest BCUT2D eigenvalue weighted by Crippen LogP contribution is 2.24. The summed E-state index contributed by atoms with van der Waals surface area (Å²) in [7, 11) is 0. The van der Waals surface area contributed by atoms with Crippen molar-refractivity contribution in [2.45, 2.75) is 13.5 Å². The van der Waals surface area contributed by atoms with E-state index in [1.54, 1.807) is 0 Å². The fraction of sp³-hybridized carbons (Fsp3) is 0.222. The average Bonchev–Trinajstić information content (AvgIpc) is 2.50. The first-order valence-electron chi connectivity index (χ1n) is 6.92. The van der Waals surface area contributed by atoms with E-state index in [2.05, 4.69) is 53.8 Å². The quantitative estimate of drug-likeness (QED) is 0.383. The van der Waals surface area contributed by atoms with Gasteiger partial charge in [0.2, 0.25) is 0 Å². The minimum atomic E-state index is 0.565. The molecule has 0 amide bonds. The van der Waals surface area contributed by atoms with Gasteiger partial charge in [0.25, 0.3) is 0 Å². The van der Waals surface area contributed by atoms with E-state index < -0.39 is 0 Å². The molecule has 21 heavy (non-hydrogen) atoms. The Labute approximate surface area is 139 Å². The van der Waals surface area contributed by atoms with Crippen molar-refractivity contribution in [2.75, 3.05) is 13.2 Å². The van der Waals surface area contributed by atoms with E-state index in [0.29, 0.717) is 19.8 Å². The Balaban J connectivity index is 1.67. The van der Waals surface area contributed by atoms with Crippen molar-refractivity contribution in [1.82, 2.24) is 0 Å². The first-order chi connectivity index (χ1) is 10.3. The fourth-order valence-corrected chi connectivity index (χ4v) is 2.67. The van der Waals surface area contributed by atoms with Crippen LogP contribution >= 0.6 is 22.6 Å². The summed E-state index contributed by atoms with van der Waals surface area (Å²) in [6.07, 6.45) is 3.99. The van der Waals surface area contributed by atoms with Crippen LogP contribution < -0.4 is 4.74 Å². The average molecular weight is 394 g/mol. The zero-order chi connectivity index (χ0) is 14.9. The van der Waals surface area contributed by atoms with Crippen molar-refractivity contribution in [2.24, 2.45) is 0 Å². The SMILES string of the molecule is Cc1cccc(I)c1OC/C=C/COCc1ccccc1. The Kier molecular flexibility index (Phi) is 6.76. The lowest BCUT2D eigenvalue weighted by atomic mass is 10.2. The molecule has 2 aromatic rings. The van der Waals surface area contributed by atoms with Gasteiger partial charge >= 0.3 is 0 Å². The number of benzene rings is 2. The molecule has 0 unspecified atom stereocenters. The van der Waals surface area contributed by atoms with Crippen LogP contribution in [-0.4, -0.2) is 13.2 Å². The van der Waals surface area contributed by atoms with Gasteiger partial charge in [0.05, 0.1) is 16.8 Å². The molecule has 2 rings (SSSR count). The normalized spacial score (nSPS) is 11.0. The highest BCUT2D eigenvalue weighted by atomic mass is 127. The molecule has 0 spiro atoms. The predicted octanol–water partition coefficient (Wildman–Crippen LogP) is 4.75. The first-order valence-corrected chi connectivity index (χ1v) is 8.00. The summed E-state index contributed by atoms with van der Waals surface area (Å²) in [4.78, 5) is 0. The van der Waals surface area contributed by atoms with Crippen LogP contribution in [-0.2, 0) is 11.3 Å². The first kappa shape index (κ1) is 16.0. The lowest BCUT2D eigenvalue weighted by molar-refractivity contribution is 0.148. The molecule has 110 valence electrons. The molecule has 2 aromatic carbocycles. The van der Waals surface area contributed by atoms with Crippen molar-refractivity contribution in [3.63, 3.8) is 0 Å². The van der Waals surface area contributed by atoms with Gasteiger partial charge in [-0.05, 0) is 52.8 Å². The zero-order valence-electron chi connectivity index (χ0n) is 12.1. The molecule has 2 nitrogen and oxygen atoms in total. The minimum Gasteiger partial charge on any atom is -0.488 e. The van der Waals surface area contributed by atoms with Crippen molar-refractivity contribution < 1.29 is 9.47 Å². The molecule has 3 heteroatoms. The van der Waals surface area contributed by atoms with Crippen LogP contribution in [0.25, 0.3) is 0 Å². The molecule has 0 aromatic heterocycles. The summed E-state index contributed by atoms with van der Waals surface area (Å²) >= 11 is 2.29. The monoisotopic (exact) mass is 394 g/mol. The second kappa shape index (κ2) is 8.85. The van der Waals surface area contributed by atoms with Gasteiger partial charge in [0.1, 0.15) is 12.4 Å². The standard InChI is InChI=1S/C18H19IO2/c1-15-8-7-11-17(19)18(15)21-13-6-5-12-20-14-16-9-3-2-4-10-16/h2-11H,12-14H2,1H3/b6-5+. The van der Waals surface area contributed by atoms with Crippen molar-refractivity contribution in [3.8, 4) is 5.75 Å². The number of halogens is 1. The molecule has 0 radical (unpaired) electrons. The van der Waals surface area contributed by atoms with Crippen LogP contribution in [0.4, 0.5) is 0 Å². The van der Waals surface area contributed by atoms with Crippen LogP contribution in [0.5, 0.6) is 5.75 Å². The van der Waals surface area contributed by atoms with Crippen LogP contribution in [0.3, 0.4) is 0 Å². The van der Waals surface area contributed by atoms with E-state index in [1.807, 2.05) is 36.4 Å². The predicted molar refractivity (Wildman–Crippen MR) is 94.6 cm³/mol. The van der Waals surface area contributed by atoms with E-state index in [-0.39, 0.29) is 0 Å². The van der Waals surface area contributed by atoms with Crippen molar-refractivity contribution in [1.29, 1.82) is 0 Å². The molecule has 0 aliphatic heterocycles. The highest BCUT2D eigenvalue weighted by molar-refractivity contribution is 14.1. The third-order valence-electron chi connectivity index (χ3n) is 2.98. The summed E-state index contributed by atoms with van der Waals surface area (Å²) in [6.45, 7) is 3.87. The topological polar surface area (TPSA) is 18.5 Å². The van der Waals surface area contributed by atoms with Gasteiger partial charge in [-0.25, -0.2) is 0 Å². The highest BCUT2D eigenvalue weighted by Gasteiger charge is 2.02. The van der Waals surface area contributed by atoms with Gasteiger partial charge in [-0.2, -0.15) is 0 Å². The second-order valence-electron chi connectivity index (χ2n) is 4.67. The van der Waals surface area contributed by atoms with Gasteiger partial charge in [0.15, 0.2) is 0 Å². The maximum Gasteiger partial charge on any atom is 0.135 e. The summed E-state index contributed by atoms with van der Waals surface area (Å²) in [5.74, 6) is 0.966. The maximum atomic E-state index is 5.78. The summed E-state index contributed by atoms with van der Waals surface area (Å²) < 4.78 is 12.5. The van der Waals surface area contributed by atoms with E-state index in [4.69, 9.17) is 9.47 Å². The smallest absolute Gasteiger partial charge is 0.135 e. The number of ether oxygens (including phenoxy) is 2. The largest absolute Gasteiger partial charge is 0.488 e. The Morgan fingerprint density at radius 2 is 1.71 bits per heavy atom. The lowest BCUT2D eigenvalue weighted by Gasteiger charge is -2.08. The molecule has 0 heterocycles. The fourth-order valence-electron chi connectivity index (χ4n) is 1.89. The Morgan fingerprint density at radius 1 is 0.952 bits per heavy atom. The van der Waals surface area contributed by atoms with Gasteiger partial charge in [0, 0.05) is 0 Å². The van der Waals surface area contributed by atoms with E-state index in [0.717, 1.165) is 14.9 Å². The summed E-state index contributed by atoms with van der Waals surface area (Å²) in [6, 6.07) is 16.3. The Bertz CT molecular complexity index is 559. The molecular formula is C18H19IO2. The van der Waals surface area contributed by atoms with Crippen LogP contribution in [0, 0.1) is 10.5 Å². The van der Waals surface area contributed by atoms with E-state index in [1.165, 1.54) is 5.56 Å². The number of rotatable bonds is 7. The molecule has 0 bridgehead atoms. The Hall–Kier alpha value is -1.33. The number of para-hydroxylation sites is 1. The van der Waals surface area contributed by atoms with Gasteiger partial charge in [-0.1, -0.05) is 48.5 Å². The lowest BCUT2D eigenvalue weighted by Crippen LogP contribution is -1.98.